The van der Waals surface area contributed by atoms with Gasteiger partial charge in [0, 0.05) is 31.1 Å². The van der Waals surface area contributed by atoms with Gasteiger partial charge in [0.1, 0.15) is 11.6 Å². The van der Waals surface area contributed by atoms with Gasteiger partial charge < -0.3 is 23.7 Å². The van der Waals surface area contributed by atoms with Crippen molar-refractivity contribution in [3.8, 4) is 17.2 Å². The number of carbonyl (C=O) groups is 1. The fraction of sp³-hybridized carbons (Fsp3) is 0.333. The second-order valence-electron chi connectivity index (χ2n) is 9.15. The van der Waals surface area contributed by atoms with E-state index in [-0.39, 0.29) is 11.8 Å². The van der Waals surface area contributed by atoms with E-state index in [1.807, 2.05) is 78.6 Å². The minimum Gasteiger partial charge on any atom is -0.494 e. The second kappa shape index (κ2) is 11.4. The number of benzene rings is 3. The third-order valence-corrected chi connectivity index (χ3v) is 6.74. The Kier molecular flexibility index (Phi) is 7.59. The van der Waals surface area contributed by atoms with E-state index >= 15 is 0 Å². The van der Waals surface area contributed by atoms with Crippen LogP contribution < -0.4 is 19.1 Å². The molecule has 5 rings (SSSR count). The smallest absolute Gasteiger partial charge is 0.227 e. The van der Waals surface area contributed by atoms with Gasteiger partial charge in [-0.3, -0.25) is 4.79 Å². The summed E-state index contributed by atoms with van der Waals surface area (Å²) < 4.78 is 19.2. The second-order valence-corrected chi connectivity index (χ2v) is 9.15. The Morgan fingerprint density at radius 1 is 0.919 bits per heavy atom. The number of hydrogen-bond acceptors (Lipinski definition) is 5. The van der Waals surface area contributed by atoms with Crippen molar-refractivity contribution >= 4 is 22.6 Å². The molecular weight excluding hydrogens is 466 g/mol. The molecule has 1 saturated heterocycles. The first kappa shape index (κ1) is 24.7. The van der Waals surface area contributed by atoms with Crippen molar-refractivity contribution in [2.75, 3.05) is 31.8 Å². The lowest BCUT2D eigenvalue weighted by molar-refractivity contribution is -0.117. The van der Waals surface area contributed by atoms with Gasteiger partial charge in [-0.25, -0.2) is 4.98 Å². The molecule has 0 bridgehead atoms. The molecule has 7 heteroatoms. The van der Waals surface area contributed by atoms with Gasteiger partial charge in [0.05, 0.1) is 31.4 Å². The largest absolute Gasteiger partial charge is 0.494 e. The first-order valence-electron chi connectivity index (χ1n) is 12.9. The molecule has 192 valence electrons. The number of amides is 1. The van der Waals surface area contributed by atoms with Gasteiger partial charge in [0.15, 0.2) is 11.5 Å². The van der Waals surface area contributed by atoms with Gasteiger partial charge in [0.25, 0.3) is 0 Å². The van der Waals surface area contributed by atoms with Crippen LogP contribution in [0.4, 0.5) is 5.69 Å². The Hall–Kier alpha value is -4.00. The van der Waals surface area contributed by atoms with E-state index in [1.165, 1.54) is 0 Å². The number of aryl methyl sites for hydroxylation is 1. The highest BCUT2D eigenvalue weighted by Crippen LogP contribution is 2.34. The summed E-state index contributed by atoms with van der Waals surface area (Å²) in [5.41, 5.74) is 2.97. The standard InChI is InChI=1S/C30H33N3O4/c1-3-36-24-16-14-23(15-17-24)33-21-22(20-29(33)34)30-31-25-10-4-5-11-26(25)32(30)18-8-9-19-37-28-13-7-6-12-27(28)35-2/h4-7,10-17,22H,3,8-9,18-21H2,1-2H3/t22-/m0/s1. The Morgan fingerprint density at radius 3 is 2.46 bits per heavy atom. The highest BCUT2D eigenvalue weighted by Gasteiger charge is 2.34. The fourth-order valence-corrected chi connectivity index (χ4v) is 4.95. The fourth-order valence-electron chi connectivity index (χ4n) is 4.95. The number of para-hydroxylation sites is 4. The molecule has 7 nitrogen and oxygen atoms in total. The molecular formula is C30H33N3O4. The van der Waals surface area contributed by atoms with Crippen LogP contribution in [0.25, 0.3) is 11.0 Å². The van der Waals surface area contributed by atoms with Crippen LogP contribution in [-0.2, 0) is 11.3 Å². The van der Waals surface area contributed by atoms with Gasteiger partial charge in [-0.1, -0.05) is 24.3 Å². The Morgan fingerprint density at radius 2 is 1.68 bits per heavy atom. The molecule has 0 unspecified atom stereocenters. The van der Waals surface area contributed by atoms with Crippen LogP contribution >= 0.6 is 0 Å². The molecule has 1 fully saturated rings. The molecule has 0 aliphatic carbocycles. The topological polar surface area (TPSA) is 65.8 Å². The molecule has 1 atom stereocenters. The molecule has 1 amide bonds. The van der Waals surface area contributed by atoms with E-state index in [1.54, 1.807) is 7.11 Å². The van der Waals surface area contributed by atoms with Gasteiger partial charge in [-0.15, -0.1) is 0 Å². The molecule has 0 N–H and O–H groups in total. The van der Waals surface area contributed by atoms with Crippen LogP contribution in [-0.4, -0.2) is 42.3 Å². The van der Waals surface area contributed by atoms with Crippen LogP contribution in [0, 0.1) is 0 Å². The third-order valence-electron chi connectivity index (χ3n) is 6.74. The molecule has 3 aromatic carbocycles. The summed E-state index contributed by atoms with van der Waals surface area (Å²) in [4.78, 5) is 19.9. The highest BCUT2D eigenvalue weighted by molar-refractivity contribution is 5.96. The summed E-state index contributed by atoms with van der Waals surface area (Å²) in [5.74, 6) is 3.46. The summed E-state index contributed by atoms with van der Waals surface area (Å²) in [6, 6.07) is 23.7. The number of hydrogen-bond donors (Lipinski definition) is 0. The number of rotatable bonds is 11. The summed E-state index contributed by atoms with van der Waals surface area (Å²) in [6.45, 7) is 4.62. The van der Waals surface area contributed by atoms with E-state index in [4.69, 9.17) is 19.2 Å². The number of methoxy groups -OCH3 is 1. The average molecular weight is 500 g/mol. The molecule has 0 saturated carbocycles. The number of fused-ring (bicyclic) bond motifs is 1. The third kappa shape index (κ3) is 5.40. The molecule has 37 heavy (non-hydrogen) atoms. The molecule has 2 heterocycles. The molecule has 1 aliphatic heterocycles. The van der Waals surface area contributed by atoms with Crippen LogP contribution in [0.2, 0.25) is 0 Å². The quantitative estimate of drug-likeness (QED) is 0.243. The van der Waals surface area contributed by atoms with Crippen molar-refractivity contribution in [3.63, 3.8) is 0 Å². The van der Waals surface area contributed by atoms with Crippen molar-refractivity contribution in [1.82, 2.24) is 9.55 Å². The van der Waals surface area contributed by atoms with Crippen LogP contribution in [0.1, 0.15) is 37.9 Å². The summed E-state index contributed by atoms with van der Waals surface area (Å²) in [7, 11) is 1.65. The highest BCUT2D eigenvalue weighted by atomic mass is 16.5. The van der Waals surface area contributed by atoms with E-state index in [0.717, 1.165) is 59.2 Å². The Bertz CT molecular complexity index is 1350. The average Bonchev–Trinajstić information content (AvgIpc) is 3.50. The maximum Gasteiger partial charge on any atom is 0.227 e. The predicted octanol–water partition coefficient (Wildman–Crippen LogP) is 5.82. The summed E-state index contributed by atoms with van der Waals surface area (Å²) >= 11 is 0. The Balaban J connectivity index is 1.27. The van der Waals surface area contributed by atoms with E-state index in [2.05, 4.69) is 10.6 Å². The lowest BCUT2D eigenvalue weighted by Gasteiger charge is -2.18. The lowest BCUT2D eigenvalue weighted by Crippen LogP contribution is -2.24. The summed E-state index contributed by atoms with van der Waals surface area (Å²) in [6.07, 6.45) is 2.28. The maximum atomic E-state index is 13.0. The monoisotopic (exact) mass is 499 g/mol. The zero-order chi connectivity index (χ0) is 25.6. The van der Waals surface area contributed by atoms with E-state index < -0.39 is 0 Å². The van der Waals surface area contributed by atoms with Crippen molar-refractivity contribution in [3.05, 3.63) is 78.6 Å². The Labute approximate surface area is 217 Å². The molecule has 1 aliphatic rings. The number of nitrogens with zero attached hydrogens (tertiary/aromatic N) is 3. The van der Waals surface area contributed by atoms with Crippen LogP contribution in [0.5, 0.6) is 17.2 Å². The van der Waals surface area contributed by atoms with Gasteiger partial charge in [-0.05, 0) is 68.3 Å². The minimum absolute atomic E-state index is 0.0382. The predicted molar refractivity (Wildman–Crippen MR) is 145 cm³/mol. The number of carbonyl (C=O) groups excluding carboxylic acids is 1. The van der Waals surface area contributed by atoms with Crippen LogP contribution in [0.15, 0.2) is 72.8 Å². The zero-order valence-electron chi connectivity index (χ0n) is 21.4. The van der Waals surface area contributed by atoms with Gasteiger partial charge in [-0.2, -0.15) is 0 Å². The molecule has 1 aromatic heterocycles. The van der Waals surface area contributed by atoms with Crippen molar-refractivity contribution in [1.29, 1.82) is 0 Å². The van der Waals surface area contributed by atoms with E-state index in [0.29, 0.717) is 26.2 Å². The SMILES string of the molecule is CCOc1ccc(N2C[C@@H](c3nc4ccccc4n3CCCCOc3ccccc3OC)CC2=O)cc1. The molecule has 0 radical (unpaired) electrons. The number of aromatic nitrogens is 2. The molecule has 4 aromatic rings. The number of unbranched alkanes of at least 4 members (excludes halogenated alkanes) is 1. The first-order chi connectivity index (χ1) is 18.2. The zero-order valence-corrected chi connectivity index (χ0v) is 21.4. The maximum absolute atomic E-state index is 13.0. The number of anilines is 1. The summed E-state index contributed by atoms with van der Waals surface area (Å²) in [5, 5.41) is 0. The molecule has 0 spiro atoms. The number of ether oxygens (including phenoxy) is 3. The normalized spacial score (nSPS) is 15.4. The van der Waals surface area contributed by atoms with Gasteiger partial charge in [0.2, 0.25) is 5.91 Å². The van der Waals surface area contributed by atoms with Crippen molar-refractivity contribution < 1.29 is 19.0 Å². The van der Waals surface area contributed by atoms with Crippen molar-refractivity contribution in [2.45, 2.75) is 38.6 Å². The van der Waals surface area contributed by atoms with Crippen LogP contribution in [0.3, 0.4) is 0 Å². The lowest BCUT2D eigenvalue weighted by atomic mass is 10.1. The number of imidazole rings is 1. The minimum atomic E-state index is 0.0382. The van der Waals surface area contributed by atoms with E-state index in [9.17, 15) is 4.79 Å². The first-order valence-corrected chi connectivity index (χ1v) is 12.9. The van der Waals surface area contributed by atoms with Crippen molar-refractivity contribution in [2.24, 2.45) is 0 Å². The van der Waals surface area contributed by atoms with Gasteiger partial charge >= 0.3 is 0 Å².